The van der Waals surface area contributed by atoms with Crippen molar-refractivity contribution in [3.8, 4) is 22.4 Å². The molecule has 9 aromatic rings. The molecule has 1 atom stereocenters. The fourth-order valence-electron chi connectivity index (χ4n) is 7.39. The molecule has 3 nitrogen and oxygen atoms in total. The van der Waals surface area contributed by atoms with E-state index in [-0.39, 0.29) is 0 Å². The summed E-state index contributed by atoms with van der Waals surface area (Å²) in [5, 5.41) is 8.53. The smallest absolute Gasteiger partial charge is 0.194 e. The highest BCUT2D eigenvalue weighted by Crippen LogP contribution is 2.56. The number of thiophene rings is 1. The summed E-state index contributed by atoms with van der Waals surface area (Å²) >= 11 is 1.78. The first-order valence-electron chi connectivity index (χ1n) is 15.3. The number of quaternary nitrogens is 1. The van der Waals surface area contributed by atoms with Gasteiger partial charge in [-0.05, 0) is 45.1 Å². The quantitative estimate of drug-likeness (QED) is 0.187. The van der Waals surface area contributed by atoms with Crippen LogP contribution in [-0.4, -0.2) is 17.0 Å². The van der Waals surface area contributed by atoms with Gasteiger partial charge in [0.05, 0.1) is 28.3 Å². The molecule has 2 aromatic heterocycles. The minimum Gasteiger partial charge on any atom is -0.194 e. The van der Waals surface area contributed by atoms with E-state index in [0.29, 0.717) is 4.48 Å². The van der Waals surface area contributed by atoms with Crippen molar-refractivity contribution in [3.05, 3.63) is 140 Å². The van der Waals surface area contributed by atoms with Crippen LogP contribution in [0.5, 0.6) is 0 Å². The van der Waals surface area contributed by atoms with E-state index in [1.165, 1.54) is 64.9 Å². The second kappa shape index (κ2) is 9.05. The van der Waals surface area contributed by atoms with Crippen LogP contribution in [0, 0.1) is 0 Å². The summed E-state index contributed by atoms with van der Waals surface area (Å²) in [5.74, 6) is 0.771. The van der Waals surface area contributed by atoms with Crippen LogP contribution in [-0.2, 0) is 0 Å². The van der Waals surface area contributed by atoms with E-state index in [9.17, 15) is 0 Å². The van der Waals surface area contributed by atoms with Crippen LogP contribution in [0.25, 0.3) is 75.0 Å². The molecule has 0 spiro atoms. The maximum Gasteiger partial charge on any atom is 0.340 e. The zero-order valence-corrected chi connectivity index (χ0v) is 25.3. The zero-order chi connectivity index (χ0) is 29.7. The monoisotopic (exact) mass is 592 g/mol. The van der Waals surface area contributed by atoms with Gasteiger partial charge < -0.3 is 0 Å². The molecule has 7 aromatic carbocycles. The van der Waals surface area contributed by atoms with Crippen LogP contribution in [0.2, 0.25) is 0 Å². The second-order valence-electron chi connectivity index (χ2n) is 12.1. The van der Waals surface area contributed by atoms with Gasteiger partial charge in [-0.3, -0.25) is 0 Å². The van der Waals surface area contributed by atoms with E-state index in [1.54, 1.807) is 11.3 Å². The van der Waals surface area contributed by atoms with Gasteiger partial charge in [-0.2, -0.15) is 14.5 Å². The van der Waals surface area contributed by atoms with Gasteiger partial charge >= 0.3 is 5.95 Å². The molecule has 1 unspecified atom stereocenters. The lowest BCUT2D eigenvalue weighted by molar-refractivity contribution is 0.596. The minimum atomic E-state index is 0.370. The molecule has 0 bridgehead atoms. The molecule has 0 saturated heterocycles. The molecule has 0 N–H and O–H groups in total. The van der Waals surface area contributed by atoms with Gasteiger partial charge in [0, 0.05) is 38.9 Å². The molecule has 4 heteroatoms. The fourth-order valence-corrected chi connectivity index (χ4v) is 8.54. The van der Waals surface area contributed by atoms with Gasteiger partial charge in [-0.25, -0.2) is 0 Å². The average molecular weight is 593 g/mol. The number of hydrogen-bond acceptors (Lipinski definition) is 3. The van der Waals surface area contributed by atoms with Gasteiger partial charge in [0.25, 0.3) is 0 Å². The van der Waals surface area contributed by atoms with E-state index >= 15 is 0 Å². The van der Waals surface area contributed by atoms with Crippen LogP contribution in [0.15, 0.2) is 140 Å². The van der Waals surface area contributed by atoms with E-state index in [0.717, 1.165) is 27.4 Å². The summed E-state index contributed by atoms with van der Waals surface area (Å²) in [6.07, 6.45) is 0. The fraction of sp³-hybridized carbons (Fsp3) is 0.0244. The number of hydrogen-bond donors (Lipinski definition) is 0. The van der Waals surface area contributed by atoms with Crippen molar-refractivity contribution in [2.24, 2.45) is 0 Å². The van der Waals surface area contributed by atoms with Crippen LogP contribution in [0.1, 0.15) is 0 Å². The summed E-state index contributed by atoms with van der Waals surface area (Å²) in [6, 6.07) is 50.5. The molecule has 1 aliphatic rings. The highest BCUT2D eigenvalue weighted by molar-refractivity contribution is 7.26. The van der Waals surface area contributed by atoms with E-state index in [2.05, 4.69) is 147 Å². The molecule has 0 radical (unpaired) electrons. The lowest BCUT2D eigenvalue weighted by Crippen LogP contribution is -2.38. The summed E-state index contributed by atoms with van der Waals surface area (Å²) in [5.41, 5.74) is 7.96. The molecular weight excluding hydrogens is 567 g/mol. The Bertz CT molecular complexity index is 2680. The molecule has 210 valence electrons. The van der Waals surface area contributed by atoms with Crippen LogP contribution in [0.4, 0.5) is 17.3 Å². The van der Waals surface area contributed by atoms with E-state index < -0.39 is 0 Å². The van der Waals surface area contributed by atoms with Crippen molar-refractivity contribution >= 4 is 81.3 Å². The zero-order valence-electron chi connectivity index (χ0n) is 24.5. The maximum absolute atomic E-state index is 5.58. The normalized spacial score (nSPS) is 15.8. The first-order chi connectivity index (χ1) is 22.2. The topological polar surface area (TPSA) is 25.8 Å². The van der Waals surface area contributed by atoms with E-state index in [1.807, 2.05) is 0 Å². The third-order valence-electron chi connectivity index (χ3n) is 9.63. The summed E-state index contributed by atoms with van der Waals surface area (Å²) in [7, 11) is 2.28. The second-order valence-corrected chi connectivity index (χ2v) is 13.2. The number of benzene rings is 7. The largest absolute Gasteiger partial charge is 0.340 e. The van der Waals surface area contributed by atoms with Gasteiger partial charge in [-0.15, -0.1) is 11.3 Å². The van der Waals surface area contributed by atoms with Crippen molar-refractivity contribution in [3.63, 3.8) is 0 Å². The van der Waals surface area contributed by atoms with Crippen LogP contribution in [0.3, 0.4) is 0 Å². The summed E-state index contributed by atoms with van der Waals surface area (Å²) in [4.78, 5) is 11.1. The van der Waals surface area contributed by atoms with Crippen molar-refractivity contribution in [1.29, 1.82) is 0 Å². The Morgan fingerprint density at radius 2 is 1.22 bits per heavy atom. The standard InChI is InChI=1S/C41H26N3S/c1-44(34-18-9-15-26-14-8-17-31(37(26)34)33-23-28-12-4-5-13-29(28)24-35(33)44)41-42-38(30-21-20-25-10-2-3-11-27(25)22-30)40-39(43-41)32-16-6-7-19-36(32)45-40/h2-24H,1H3/q+1. The maximum atomic E-state index is 5.58. The molecule has 0 fully saturated rings. The molecule has 45 heavy (non-hydrogen) atoms. The Balaban J connectivity index is 1.36. The lowest BCUT2D eigenvalue weighted by Gasteiger charge is -2.37. The van der Waals surface area contributed by atoms with Gasteiger partial charge in [0.2, 0.25) is 0 Å². The summed E-state index contributed by atoms with van der Waals surface area (Å²) < 4.78 is 2.71. The number of aromatic nitrogens is 2. The minimum absolute atomic E-state index is 0.370. The molecule has 0 amide bonds. The summed E-state index contributed by atoms with van der Waals surface area (Å²) in [6.45, 7) is 0. The molecule has 1 aliphatic heterocycles. The number of nitrogens with zero attached hydrogens (tertiary/aromatic N) is 3. The number of fused-ring (bicyclic) bond motifs is 7. The van der Waals surface area contributed by atoms with Crippen molar-refractivity contribution in [2.75, 3.05) is 7.05 Å². The third kappa shape index (κ3) is 3.44. The van der Waals surface area contributed by atoms with Gasteiger partial charge in [0.15, 0.2) is 11.4 Å². The Kier molecular flexibility index (Phi) is 5.02. The van der Waals surface area contributed by atoms with Crippen LogP contribution >= 0.6 is 11.3 Å². The average Bonchev–Trinajstić information content (AvgIpc) is 3.48. The Hall–Kier alpha value is -5.42. The predicted octanol–water partition coefficient (Wildman–Crippen LogP) is 11.6. The lowest BCUT2D eigenvalue weighted by atomic mass is 9.88. The molecule has 3 heterocycles. The molecule has 0 aliphatic carbocycles. The molecule has 0 saturated carbocycles. The highest BCUT2D eigenvalue weighted by atomic mass is 32.1. The predicted molar refractivity (Wildman–Crippen MR) is 192 cm³/mol. The SMILES string of the molecule is C[N+]1(c2nc(-c3ccc4ccccc4c3)c3sc4ccccc4c3n2)c2cc3ccccc3cc2-c2cccc3cccc1c23. The molecule has 10 rings (SSSR count). The first kappa shape index (κ1) is 25.0. The van der Waals surface area contributed by atoms with E-state index in [4.69, 9.17) is 9.97 Å². The van der Waals surface area contributed by atoms with Crippen LogP contribution < -0.4 is 4.48 Å². The van der Waals surface area contributed by atoms with Gasteiger partial charge in [-0.1, -0.05) is 109 Å². The first-order valence-corrected chi connectivity index (χ1v) is 16.1. The van der Waals surface area contributed by atoms with Crippen molar-refractivity contribution < 1.29 is 0 Å². The third-order valence-corrected chi connectivity index (χ3v) is 10.8. The Morgan fingerprint density at radius 3 is 2.07 bits per heavy atom. The Morgan fingerprint density at radius 1 is 0.533 bits per heavy atom. The molecular formula is C41H26N3S+. The number of rotatable bonds is 2. The van der Waals surface area contributed by atoms with Crippen molar-refractivity contribution in [1.82, 2.24) is 14.5 Å². The highest BCUT2D eigenvalue weighted by Gasteiger charge is 2.43. The Labute approximate surface area is 263 Å². The van der Waals surface area contributed by atoms with Crippen molar-refractivity contribution in [2.45, 2.75) is 0 Å². The van der Waals surface area contributed by atoms with Gasteiger partial charge in [0.1, 0.15) is 0 Å².